The number of nitrogens with zero attached hydrogens (tertiary/aromatic N) is 4. The molecule has 1 aromatic heterocycles. The summed E-state index contributed by atoms with van der Waals surface area (Å²) in [5.74, 6) is -0.873. The van der Waals surface area contributed by atoms with Crippen molar-refractivity contribution in [1.29, 1.82) is 0 Å². The molecule has 12 nitrogen and oxygen atoms in total. The first-order valence-corrected chi connectivity index (χ1v) is 12.5. The number of amides is 1. The highest BCUT2D eigenvalue weighted by Gasteiger charge is 2.37. The number of anilines is 4. The van der Waals surface area contributed by atoms with Crippen molar-refractivity contribution in [2.75, 3.05) is 47.7 Å². The quantitative estimate of drug-likeness (QED) is 0.415. The zero-order valence-electron chi connectivity index (χ0n) is 21.1. The summed E-state index contributed by atoms with van der Waals surface area (Å²) in [7, 11) is 0. The van der Waals surface area contributed by atoms with Crippen LogP contribution in [0.25, 0.3) is 0 Å². The Hall–Kier alpha value is -4.09. The standard InChI is InChI=1S/C25H33N7O5/c1-3-36-20(33)12-11-19(24(35)37-4-2)28-23(34)15-5-7-16(8-6-15)31-13-17-9-10-18-21(32(17)14-31)22(26)30-25(27)29-18/h5-8,17,19H,3-4,9-14H2,1-2H3,(H,28,34)(H4,26,27,29,30)/t17?,19-/m0/s1. The lowest BCUT2D eigenvalue weighted by Crippen LogP contribution is -2.42. The Morgan fingerprint density at radius 1 is 1.11 bits per heavy atom. The van der Waals surface area contributed by atoms with Crippen LogP contribution in [0.1, 0.15) is 49.2 Å². The number of fused-ring (bicyclic) bond motifs is 3. The number of carbonyl (C=O) groups is 3. The van der Waals surface area contributed by atoms with Gasteiger partial charge in [0.25, 0.3) is 5.91 Å². The van der Waals surface area contributed by atoms with Gasteiger partial charge in [-0.15, -0.1) is 0 Å². The van der Waals surface area contributed by atoms with Gasteiger partial charge in [0.15, 0.2) is 5.82 Å². The Bertz CT molecular complexity index is 1160. The van der Waals surface area contributed by atoms with Gasteiger partial charge in [-0.25, -0.2) is 9.78 Å². The van der Waals surface area contributed by atoms with E-state index in [9.17, 15) is 14.4 Å². The average Bonchev–Trinajstić information content (AvgIpc) is 3.31. The Balaban J connectivity index is 1.41. The first-order valence-electron chi connectivity index (χ1n) is 12.5. The van der Waals surface area contributed by atoms with E-state index in [0.717, 1.165) is 36.5 Å². The lowest BCUT2D eigenvalue weighted by atomic mass is 10.0. The molecule has 4 rings (SSSR count). The van der Waals surface area contributed by atoms with Gasteiger partial charge in [-0.2, -0.15) is 4.98 Å². The number of aryl methyl sites for hydroxylation is 1. The summed E-state index contributed by atoms with van der Waals surface area (Å²) in [4.78, 5) is 49.9. The summed E-state index contributed by atoms with van der Waals surface area (Å²) in [6, 6.07) is 6.48. The van der Waals surface area contributed by atoms with Crippen LogP contribution in [0.5, 0.6) is 0 Å². The highest BCUT2D eigenvalue weighted by Crippen LogP contribution is 2.38. The fourth-order valence-corrected chi connectivity index (χ4v) is 4.78. The summed E-state index contributed by atoms with van der Waals surface area (Å²) in [5, 5.41) is 2.69. The number of hydrogen-bond acceptors (Lipinski definition) is 11. The number of nitrogens with one attached hydrogen (secondary N) is 1. The van der Waals surface area contributed by atoms with Crippen molar-refractivity contribution >= 4 is 41.0 Å². The lowest BCUT2D eigenvalue weighted by Gasteiger charge is -2.32. The van der Waals surface area contributed by atoms with Gasteiger partial charge >= 0.3 is 11.9 Å². The second-order valence-corrected chi connectivity index (χ2v) is 8.96. The molecule has 37 heavy (non-hydrogen) atoms. The largest absolute Gasteiger partial charge is 0.466 e. The van der Waals surface area contributed by atoms with E-state index in [1.54, 1.807) is 26.0 Å². The number of rotatable bonds is 9. The molecule has 198 valence electrons. The van der Waals surface area contributed by atoms with Crippen LogP contribution in [0.2, 0.25) is 0 Å². The number of benzene rings is 1. The molecule has 2 aliphatic rings. The van der Waals surface area contributed by atoms with E-state index in [1.807, 2.05) is 12.1 Å². The van der Waals surface area contributed by atoms with Crippen LogP contribution in [0, 0.1) is 0 Å². The number of carbonyl (C=O) groups excluding carboxylic acids is 3. The minimum absolute atomic E-state index is 0.00551. The van der Waals surface area contributed by atoms with Crippen LogP contribution in [0.3, 0.4) is 0 Å². The van der Waals surface area contributed by atoms with Gasteiger partial charge in [0.1, 0.15) is 11.7 Å². The second kappa shape index (κ2) is 11.3. The normalized spacial score (nSPS) is 17.0. The Kier molecular flexibility index (Phi) is 7.95. The molecule has 5 N–H and O–H groups in total. The van der Waals surface area contributed by atoms with Crippen molar-refractivity contribution in [1.82, 2.24) is 15.3 Å². The Morgan fingerprint density at radius 2 is 1.84 bits per heavy atom. The van der Waals surface area contributed by atoms with E-state index in [-0.39, 0.29) is 38.0 Å². The number of nitrogens with two attached hydrogens (primary N) is 2. The van der Waals surface area contributed by atoms with Crippen molar-refractivity contribution in [3.05, 3.63) is 35.5 Å². The molecule has 2 atom stereocenters. The third-order valence-electron chi connectivity index (χ3n) is 6.51. The van der Waals surface area contributed by atoms with Gasteiger partial charge in [-0.1, -0.05) is 0 Å². The van der Waals surface area contributed by atoms with Gasteiger partial charge in [-0.05, 0) is 57.4 Å². The molecule has 1 aromatic carbocycles. The van der Waals surface area contributed by atoms with Gasteiger partial charge in [0, 0.05) is 30.3 Å². The second-order valence-electron chi connectivity index (χ2n) is 8.96. The van der Waals surface area contributed by atoms with Crippen molar-refractivity contribution < 1.29 is 23.9 Å². The van der Waals surface area contributed by atoms with Crippen LogP contribution in [-0.2, 0) is 25.5 Å². The number of nitrogen functional groups attached to an aromatic ring is 2. The van der Waals surface area contributed by atoms with Crippen LogP contribution in [0.15, 0.2) is 24.3 Å². The molecule has 1 saturated heterocycles. The zero-order valence-corrected chi connectivity index (χ0v) is 21.1. The minimum atomic E-state index is -0.951. The molecule has 0 bridgehead atoms. The molecule has 0 spiro atoms. The third kappa shape index (κ3) is 5.84. The van der Waals surface area contributed by atoms with E-state index in [0.29, 0.717) is 18.1 Å². The third-order valence-corrected chi connectivity index (χ3v) is 6.51. The van der Waals surface area contributed by atoms with E-state index in [2.05, 4.69) is 25.1 Å². The molecule has 0 aliphatic carbocycles. The number of hydrogen-bond donors (Lipinski definition) is 3. The molecule has 1 unspecified atom stereocenters. The lowest BCUT2D eigenvalue weighted by molar-refractivity contribution is -0.146. The predicted octanol–water partition coefficient (Wildman–Crippen LogP) is 1.24. The molecular formula is C25H33N7O5. The van der Waals surface area contributed by atoms with Gasteiger partial charge in [-0.3, -0.25) is 9.59 Å². The summed E-state index contributed by atoms with van der Waals surface area (Å²) >= 11 is 0. The summed E-state index contributed by atoms with van der Waals surface area (Å²) in [6.07, 6.45) is 1.81. The zero-order chi connectivity index (χ0) is 26.5. The SMILES string of the molecule is CCOC(=O)CC[C@H](NC(=O)c1ccc(N2CC3CCc4nc(N)nc(N)c4N3C2)cc1)C(=O)OCC. The molecule has 1 amide bonds. The Morgan fingerprint density at radius 3 is 2.54 bits per heavy atom. The van der Waals surface area contributed by atoms with Crippen molar-refractivity contribution in [2.45, 2.75) is 51.6 Å². The van der Waals surface area contributed by atoms with Crippen LogP contribution in [-0.4, -0.2) is 66.3 Å². The topological polar surface area (TPSA) is 166 Å². The van der Waals surface area contributed by atoms with Gasteiger partial charge < -0.3 is 36.1 Å². The van der Waals surface area contributed by atoms with Crippen molar-refractivity contribution in [3.63, 3.8) is 0 Å². The molecule has 2 aromatic rings. The fourth-order valence-electron chi connectivity index (χ4n) is 4.78. The summed E-state index contributed by atoms with van der Waals surface area (Å²) in [5.41, 5.74) is 15.0. The van der Waals surface area contributed by atoms with Gasteiger partial charge in [0.2, 0.25) is 5.95 Å². The molecule has 0 saturated carbocycles. The predicted molar refractivity (Wildman–Crippen MR) is 138 cm³/mol. The Labute approximate surface area is 215 Å². The molecule has 12 heteroatoms. The average molecular weight is 512 g/mol. The highest BCUT2D eigenvalue weighted by atomic mass is 16.5. The molecule has 2 aliphatic heterocycles. The van der Waals surface area contributed by atoms with E-state index in [4.69, 9.17) is 20.9 Å². The van der Waals surface area contributed by atoms with E-state index in [1.165, 1.54) is 0 Å². The number of esters is 2. The van der Waals surface area contributed by atoms with Crippen LogP contribution in [0.4, 0.5) is 23.1 Å². The summed E-state index contributed by atoms with van der Waals surface area (Å²) < 4.78 is 9.98. The highest BCUT2D eigenvalue weighted by molar-refractivity contribution is 5.97. The van der Waals surface area contributed by atoms with Crippen LogP contribution < -0.4 is 26.6 Å². The summed E-state index contributed by atoms with van der Waals surface area (Å²) in [6.45, 7) is 5.22. The van der Waals surface area contributed by atoms with Crippen molar-refractivity contribution in [2.24, 2.45) is 0 Å². The van der Waals surface area contributed by atoms with E-state index >= 15 is 0 Å². The van der Waals surface area contributed by atoms with Crippen LogP contribution >= 0.6 is 0 Å². The molecular weight excluding hydrogens is 478 g/mol. The molecule has 0 radical (unpaired) electrons. The maximum Gasteiger partial charge on any atom is 0.328 e. The smallest absolute Gasteiger partial charge is 0.328 e. The number of ether oxygens (including phenoxy) is 2. The number of aromatic nitrogens is 2. The fraction of sp³-hybridized carbons (Fsp3) is 0.480. The maximum atomic E-state index is 12.9. The molecule has 1 fully saturated rings. The van der Waals surface area contributed by atoms with E-state index < -0.39 is 23.9 Å². The van der Waals surface area contributed by atoms with Crippen molar-refractivity contribution in [3.8, 4) is 0 Å². The maximum absolute atomic E-state index is 12.9. The molecule has 3 heterocycles. The first kappa shape index (κ1) is 26.0. The monoisotopic (exact) mass is 511 g/mol. The van der Waals surface area contributed by atoms with Gasteiger partial charge in [0.05, 0.1) is 25.6 Å². The minimum Gasteiger partial charge on any atom is -0.466 e. The first-order chi connectivity index (χ1) is 17.8.